The van der Waals surface area contributed by atoms with Gasteiger partial charge in [-0.3, -0.25) is 9.69 Å². The fraction of sp³-hybridized carbons (Fsp3) is 0.435. The molecule has 2 aromatic rings. The zero-order valence-corrected chi connectivity index (χ0v) is 15.4. The fourth-order valence-corrected chi connectivity index (χ4v) is 3.89. The van der Waals surface area contributed by atoms with Crippen LogP contribution in [0, 0.1) is 0 Å². The Balaban J connectivity index is 1.45. The molecule has 0 atom stereocenters. The number of nitrogens with zero attached hydrogens (tertiary/aromatic N) is 2. The Morgan fingerprint density at radius 3 is 2.31 bits per heavy atom. The van der Waals surface area contributed by atoms with Crippen LogP contribution in [0.25, 0.3) is 0 Å². The molecule has 1 aliphatic carbocycles. The van der Waals surface area contributed by atoms with Crippen molar-refractivity contribution < 1.29 is 4.79 Å². The van der Waals surface area contributed by atoms with Crippen molar-refractivity contribution in [1.29, 1.82) is 0 Å². The third kappa shape index (κ3) is 4.34. The van der Waals surface area contributed by atoms with Gasteiger partial charge in [-0.1, -0.05) is 42.5 Å². The normalized spacial score (nSPS) is 17.5. The minimum atomic E-state index is 0.201. The van der Waals surface area contributed by atoms with Crippen LogP contribution in [0.3, 0.4) is 0 Å². The SMILES string of the molecule is O=C(c1cccc(CN(Cc2ccccc2)C2CC2)c1)N1CCCCC1. The number of hydrogen-bond donors (Lipinski definition) is 0. The van der Waals surface area contributed by atoms with E-state index in [0.29, 0.717) is 6.04 Å². The number of amides is 1. The molecule has 1 saturated heterocycles. The van der Waals surface area contributed by atoms with Crippen LogP contribution in [0.15, 0.2) is 54.6 Å². The maximum absolute atomic E-state index is 12.8. The van der Waals surface area contributed by atoms with E-state index in [1.807, 2.05) is 17.0 Å². The van der Waals surface area contributed by atoms with Crippen LogP contribution in [0.5, 0.6) is 0 Å². The summed E-state index contributed by atoms with van der Waals surface area (Å²) < 4.78 is 0. The van der Waals surface area contributed by atoms with Crippen LogP contribution in [-0.4, -0.2) is 34.8 Å². The van der Waals surface area contributed by atoms with E-state index in [9.17, 15) is 4.79 Å². The van der Waals surface area contributed by atoms with E-state index in [1.165, 1.54) is 30.4 Å². The first-order chi connectivity index (χ1) is 12.8. The van der Waals surface area contributed by atoms with Crippen LogP contribution in [0.4, 0.5) is 0 Å². The minimum absolute atomic E-state index is 0.201. The van der Waals surface area contributed by atoms with Gasteiger partial charge >= 0.3 is 0 Å². The highest BCUT2D eigenvalue weighted by Crippen LogP contribution is 2.30. The highest BCUT2D eigenvalue weighted by molar-refractivity contribution is 5.94. The minimum Gasteiger partial charge on any atom is -0.339 e. The van der Waals surface area contributed by atoms with Crippen molar-refractivity contribution in [2.24, 2.45) is 0 Å². The number of benzene rings is 2. The molecule has 0 aromatic heterocycles. The molecule has 0 radical (unpaired) electrons. The maximum Gasteiger partial charge on any atom is 0.253 e. The lowest BCUT2D eigenvalue weighted by molar-refractivity contribution is 0.0724. The van der Waals surface area contributed by atoms with Crippen molar-refractivity contribution >= 4 is 5.91 Å². The van der Waals surface area contributed by atoms with E-state index in [1.54, 1.807) is 0 Å². The zero-order valence-electron chi connectivity index (χ0n) is 15.4. The molecule has 3 nitrogen and oxygen atoms in total. The smallest absolute Gasteiger partial charge is 0.253 e. The van der Waals surface area contributed by atoms with Gasteiger partial charge in [-0.15, -0.1) is 0 Å². The van der Waals surface area contributed by atoms with Crippen LogP contribution in [-0.2, 0) is 13.1 Å². The average molecular weight is 348 g/mol. The van der Waals surface area contributed by atoms with E-state index < -0.39 is 0 Å². The Hall–Kier alpha value is -2.13. The molecule has 0 bridgehead atoms. The predicted molar refractivity (Wildman–Crippen MR) is 105 cm³/mol. The summed E-state index contributed by atoms with van der Waals surface area (Å²) in [5, 5.41) is 0. The fourth-order valence-electron chi connectivity index (χ4n) is 3.89. The Morgan fingerprint density at radius 1 is 0.885 bits per heavy atom. The van der Waals surface area contributed by atoms with E-state index in [0.717, 1.165) is 44.6 Å². The highest BCUT2D eigenvalue weighted by atomic mass is 16.2. The Labute approximate surface area is 156 Å². The molecule has 0 N–H and O–H groups in total. The Bertz CT molecular complexity index is 733. The van der Waals surface area contributed by atoms with Gasteiger partial charge < -0.3 is 4.90 Å². The van der Waals surface area contributed by atoms with Gasteiger partial charge in [-0.25, -0.2) is 0 Å². The third-order valence-corrected chi connectivity index (χ3v) is 5.49. The number of carbonyl (C=O) groups excluding carboxylic acids is 1. The lowest BCUT2D eigenvalue weighted by Crippen LogP contribution is -2.35. The Morgan fingerprint density at radius 2 is 1.58 bits per heavy atom. The van der Waals surface area contributed by atoms with Crippen molar-refractivity contribution in [3.8, 4) is 0 Å². The summed E-state index contributed by atoms with van der Waals surface area (Å²) in [6.45, 7) is 3.72. The van der Waals surface area contributed by atoms with Gasteiger partial charge in [0.15, 0.2) is 0 Å². The molecular formula is C23H28N2O. The van der Waals surface area contributed by atoms with E-state index in [2.05, 4.69) is 47.4 Å². The molecule has 0 unspecified atom stereocenters. The van der Waals surface area contributed by atoms with Crippen LogP contribution in [0.2, 0.25) is 0 Å². The monoisotopic (exact) mass is 348 g/mol. The lowest BCUT2D eigenvalue weighted by atomic mass is 10.1. The first kappa shape index (κ1) is 17.3. The van der Waals surface area contributed by atoms with Crippen LogP contribution < -0.4 is 0 Å². The molecule has 2 fully saturated rings. The molecule has 1 aliphatic heterocycles. The van der Waals surface area contributed by atoms with E-state index in [-0.39, 0.29) is 5.91 Å². The van der Waals surface area contributed by atoms with Crippen molar-refractivity contribution in [2.45, 2.75) is 51.2 Å². The summed E-state index contributed by atoms with van der Waals surface area (Å²) in [6.07, 6.45) is 6.11. The van der Waals surface area contributed by atoms with Gasteiger partial charge in [0.1, 0.15) is 0 Å². The molecule has 1 amide bonds. The molecule has 4 rings (SSSR count). The molecule has 2 aromatic carbocycles. The number of piperidine rings is 1. The number of carbonyl (C=O) groups is 1. The second-order valence-corrected chi connectivity index (χ2v) is 7.67. The van der Waals surface area contributed by atoms with Gasteiger partial charge in [0.25, 0.3) is 5.91 Å². The van der Waals surface area contributed by atoms with Crippen molar-refractivity contribution in [3.05, 3.63) is 71.3 Å². The van der Waals surface area contributed by atoms with Gasteiger partial charge in [0.05, 0.1) is 0 Å². The molecule has 136 valence electrons. The second kappa shape index (κ2) is 8.05. The largest absolute Gasteiger partial charge is 0.339 e. The summed E-state index contributed by atoms with van der Waals surface area (Å²) in [7, 11) is 0. The van der Waals surface area contributed by atoms with Gasteiger partial charge in [-0.2, -0.15) is 0 Å². The van der Waals surface area contributed by atoms with E-state index >= 15 is 0 Å². The van der Waals surface area contributed by atoms with Gasteiger partial charge in [0.2, 0.25) is 0 Å². The van der Waals surface area contributed by atoms with Crippen LogP contribution in [0.1, 0.15) is 53.6 Å². The highest BCUT2D eigenvalue weighted by Gasteiger charge is 2.29. The number of likely N-dealkylation sites (tertiary alicyclic amines) is 1. The summed E-state index contributed by atoms with van der Waals surface area (Å²) in [6, 6.07) is 19.7. The Kier molecular flexibility index (Phi) is 5.35. The standard InChI is InChI=1S/C23H28N2O/c26-23(24-14-5-2-6-15-24)21-11-7-10-20(16-21)18-25(22-12-13-22)17-19-8-3-1-4-9-19/h1,3-4,7-11,16,22H,2,5-6,12-15,17-18H2. The summed E-state index contributed by atoms with van der Waals surface area (Å²) in [5.74, 6) is 0.201. The number of hydrogen-bond acceptors (Lipinski definition) is 2. The van der Waals surface area contributed by atoms with Crippen molar-refractivity contribution in [2.75, 3.05) is 13.1 Å². The number of rotatable bonds is 6. The molecule has 26 heavy (non-hydrogen) atoms. The van der Waals surface area contributed by atoms with Gasteiger partial charge in [0, 0.05) is 37.8 Å². The first-order valence-electron chi connectivity index (χ1n) is 9.96. The molecule has 1 heterocycles. The lowest BCUT2D eigenvalue weighted by Gasteiger charge is -2.27. The molecular weight excluding hydrogens is 320 g/mol. The topological polar surface area (TPSA) is 23.6 Å². The van der Waals surface area contributed by atoms with E-state index in [4.69, 9.17) is 0 Å². The summed E-state index contributed by atoms with van der Waals surface area (Å²) >= 11 is 0. The van der Waals surface area contributed by atoms with Crippen molar-refractivity contribution in [1.82, 2.24) is 9.80 Å². The maximum atomic E-state index is 12.8. The quantitative estimate of drug-likeness (QED) is 0.768. The third-order valence-electron chi connectivity index (χ3n) is 5.49. The van der Waals surface area contributed by atoms with Gasteiger partial charge in [-0.05, 0) is 55.4 Å². The first-order valence-corrected chi connectivity index (χ1v) is 9.96. The summed E-state index contributed by atoms with van der Waals surface area (Å²) in [4.78, 5) is 17.4. The molecule has 0 spiro atoms. The van der Waals surface area contributed by atoms with Crippen LogP contribution >= 0.6 is 0 Å². The average Bonchev–Trinajstić information content (AvgIpc) is 3.54. The molecule has 1 saturated carbocycles. The molecule has 3 heteroatoms. The molecule has 2 aliphatic rings. The summed E-state index contributed by atoms with van der Waals surface area (Å²) in [5.41, 5.74) is 3.45. The predicted octanol–water partition coefficient (Wildman–Crippen LogP) is 4.48. The second-order valence-electron chi connectivity index (χ2n) is 7.67. The van der Waals surface area contributed by atoms with Crippen molar-refractivity contribution in [3.63, 3.8) is 0 Å². The zero-order chi connectivity index (χ0) is 17.8.